The number of hydrogen-bond donors (Lipinski definition) is 1. The molecule has 142 valence electrons. The number of aryl methyl sites for hydroxylation is 2. The van der Waals surface area contributed by atoms with Gasteiger partial charge in [-0.3, -0.25) is 4.79 Å². The first-order chi connectivity index (χ1) is 13.0. The van der Waals surface area contributed by atoms with Crippen molar-refractivity contribution in [3.63, 3.8) is 0 Å². The smallest absolute Gasteiger partial charge is 0.221 e. The molecule has 1 heterocycles. The molecule has 0 aliphatic carbocycles. The van der Waals surface area contributed by atoms with Gasteiger partial charge in [-0.2, -0.15) is 0 Å². The summed E-state index contributed by atoms with van der Waals surface area (Å²) >= 11 is 0. The average molecular weight is 363 g/mol. The summed E-state index contributed by atoms with van der Waals surface area (Å²) in [5.74, 6) is 0.163. The van der Waals surface area contributed by atoms with Crippen LogP contribution in [-0.4, -0.2) is 16.5 Å². The van der Waals surface area contributed by atoms with Gasteiger partial charge in [-0.1, -0.05) is 55.0 Å². The molecule has 3 heteroatoms. The minimum Gasteiger partial charge on any atom is -0.354 e. The lowest BCUT2D eigenvalue weighted by Crippen LogP contribution is -2.33. The number of carbonyl (C=O) groups is 1. The molecular weight excluding hydrogens is 332 g/mol. The molecule has 2 unspecified atom stereocenters. The van der Waals surface area contributed by atoms with Gasteiger partial charge in [-0.15, -0.1) is 0 Å². The second kappa shape index (κ2) is 8.43. The second-order valence-electron chi connectivity index (χ2n) is 7.44. The van der Waals surface area contributed by atoms with Crippen molar-refractivity contribution in [2.75, 3.05) is 0 Å². The van der Waals surface area contributed by atoms with Crippen molar-refractivity contribution in [2.24, 2.45) is 0 Å². The van der Waals surface area contributed by atoms with Gasteiger partial charge in [0.1, 0.15) is 0 Å². The van der Waals surface area contributed by atoms with Crippen LogP contribution in [0.2, 0.25) is 0 Å². The molecule has 0 saturated carbocycles. The summed E-state index contributed by atoms with van der Waals surface area (Å²) < 4.78 is 2.28. The van der Waals surface area contributed by atoms with Crippen molar-refractivity contribution in [1.29, 1.82) is 0 Å². The molecular formula is C24H30N2O. The number of carbonyl (C=O) groups excluding carboxylic acids is 1. The summed E-state index contributed by atoms with van der Waals surface area (Å²) in [5.41, 5.74) is 4.89. The van der Waals surface area contributed by atoms with E-state index in [4.69, 9.17) is 0 Å². The lowest BCUT2D eigenvalue weighted by atomic mass is 9.87. The Kier molecular flexibility index (Phi) is 6.00. The van der Waals surface area contributed by atoms with Gasteiger partial charge < -0.3 is 9.88 Å². The van der Waals surface area contributed by atoms with Gasteiger partial charge in [-0.25, -0.2) is 0 Å². The Morgan fingerprint density at radius 3 is 2.59 bits per heavy atom. The van der Waals surface area contributed by atoms with Crippen LogP contribution in [-0.2, 0) is 11.3 Å². The largest absolute Gasteiger partial charge is 0.354 e. The molecule has 0 saturated heterocycles. The van der Waals surface area contributed by atoms with Gasteiger partial charge in [-0.05, 0) is 44.4 Å². The van der Waals surface area contributed by atoms with Crippen LogP contribution >= 0.6 is 0 Å². The molecule has 0 spiro atoms. The molecule has 0 fully saturated rings. The number of nitrogens with zero attached hydrogens (tertiary/aromatic N) is 1. The van der Waals surface area contributed by atoms with Crippen molar-refractivity contribution in [1.82, 2.24) is 9.88 Å². The zero-order chi connectivity index (χ0) is 19.4. The number of amides is 1. The monoisotopic (exact) mass is 362 g/mol. The van der Waals surface area contributed by atoms with E-state index in [1.165, 1.54) is 27.6 Å². The van der Waals surface area contributed by atoms with E-state index in [0.717, 1.165) is 13.0 Å². The minimum atomic E-state index is 0.0478. The fourth-order valence-corrected chi connectivity index (χ4v) is 3.73. The zero-order valence-corrected chi connectivity index (χ0v) is 16.8. The molecule has 0 aliphatic heterocycles. The quantitative estimate of drug-likeness (QED) is 0.599. The van der Waals surface area contributed by atoms with E-state index >= 15 is 0 Å². The van der Waals surface area contributed by atoms with Gasteiger partial charge in [0, 0.05) is 42.0 Å². The molecule has 3 nitrogen and oxygen atoms in total. The Bertz CT molecular complexity index is 925. The highest BCUT2D eigenvalue weighted by atomic mass is 16.1. The SMILES string of the molecule is CCC(C)NC(=O)CC(c1cccc(C)c1)c1cn(CC)c2ccccc12. The Labute approximate surface area is 162 Å². The highest BCUT2D eigenvalue weighted by Gasteiger charge is 2.23. The van der Waals surface area contributed by atoms with Crippen LogP contribution in [0.5, 0.6) is 0 Å². The number of rotatable bonds is 7. The molecule has 0 aliphatic rings. The van der Waals surface area contributed by atoms with E-state index in [9.17, 15) is 4.79 Å². The van der Waals surface area contributed by atoms with Crippen LogP contribution in [0.25, 0.3) is 10.9 Å². The molecule has 0 bridgehead atoms. The van der Waals surface area contributed by atoms with Crippen molar-refractivity contribution in [2.45, 2.75) is 59.0 Å². The Balaban J connectivity index is 2.06. The highest BCUT2D eigenvalue weighted by Crippen LogP contribution is 2.35. The Hall–Kier alpha value is -2.55. The third-order valence-corrected chi connectivity index (χ3v) is 5.39. The Morgan fingerprint density at radius 1 is 1.11 bits per heavy atom. The first-order valence-electron chi connectivity index (χ1n) is 9.97. The zero-order valence-electron chi connectivity index (χ0n) is 16.8. The summed E-state index contributed by atoms with van der Waals surface area (Å²) in [6, 6.07) is 17.2. The van der Waals surface area contributed by atoms with E-state index in [1.54, 1.807) is 0 Å². The third-order valence-electron chi connectivity index (χ3n) is 5.39. The standard InChI is InChI=1S/C24H30N2O/c1-5-18(4)25-24(27)15-21(19-11-9-10-17(3)14-19)22-16-26(6-2)23-13-8-7-12-20(22)23/h7-14,16,18,21H,5-6,15H2,1-4H3,(H,25,27). The lowest BCUT2D eigenvalue weighted by Gasteiger charge is -2.19. The third kappa shape index (κ3) is 4.24. The number of nitrogens with one attached hydrogen (secondary N) is 1. The minimum absolute atomic E-state index is 0.0478. The molecule has 3 aromatic rings. The molecule has 2 atom stereocenters. The number of para-hydroxylation sites is 1. The molecule has 1 aromatic heterocycles. The molecule has 0 radical (unpaired) electrons. The van der Waals surface area contributed by atoms with Crippen molar-refractivity contribution in [3.8, 4) is 0 Å². The van der Waals surface area contributed by atoms with Crippen LogP contribution in [0, 0.1) is 6.92 Å². The lowest BCUT2D eigenvalue weighted by molar-refractivity contribution is -0.121. The molecule has 1 N–H and O–H groups in total. The second-order valence-corrected chi connectivity index (χ2v) is 7.44. The van der Waals surface area contributed by atoms with E-state index in [-0.39, 0.29) is 17.9 Å². The summed E-state index contributed by atoms with van der Waals surface area (Å²) in [6.07, 6.45) is 3.63. The van der Waals surface area contributed by atoms with Crippen LogP contribution in [0.4, 0.5) is 0 Å². The topological polar surface area (TPSA) is 34.0 Å². The molecule has 3 rings (SSSR count). The maximum absolute atomic E-state index is 12.7. The van der Waals surface area contributed by atoms with E-state index < -0.39 is 0 Å². The summed E-state index contributed by atoms with van der Waals surface area (Å²) in [4.78, 5) is 12.7. The van der Waals surface area contributed by atoms with Gasteiger partial charge >= 0.3 is 0 Å². The van der Waals surface area contributed by atoms with Gasteiger partial charge in [0.25, 0.3) is 0 Å². The van der Waals surface area contributed by atoms with Gasteiger partial charge in [0.15, 0.2) is 0 Å². The van der Waals surface area contributed by atoms with Crippen LogP contribution in [0.15, 0.2) is 54.7 Å². The molecule has 27 heavy (non-hydrogen) atoms. The Morgan fingerprint density at radius 2 is 1.89 bits per heavy atom. The van der Waals surface area contributed by atoms with Crippen LogP contribution in [0.3, 0.4) is 0 Å². The predicted molar refractivity (Wildman–Crippen MR) is 113 cm³/mol. The van der Waals surface area contributed by atoms with Crippen LogP contribution in [0.1, 0.15) is 56.2 Å². The predicted octanol–water partition coefficient (Wildman–Crippen LogP) is 5.41. The summed E-state index contributed by atoms with van der Waals surface area (Å²) in [5, 5.41) is 4.38. The van der Waals surface area contributed by atoms with Crippen molar-refractivity contribution < 1.29 is 4.79 Å². The maximum atomic E-state index is 12.7. The first kappa shape index (κ1) is 19.2. The van der Waals surface area contributed by atoms with Crippen molar-refractivity contribution in [3.05, 3.63) is 71.4 Å². The number of fused-ring (bicyclic) bond motifs is 1. The number of aromatic nitrogens is 1. The fraction of sp³-hybridized carbons (Fsp3) is 0.375. The van der Waals surface area contributed by atoms with E-state index in [0.29, 0.717) is 6.42 Å². The molecule has 2 aromatic carbocycles. The van der Waals surface area contributed by atoms with Gasteiger partial charge in [0.2, 0.25) is 5.91 Å². The highest BCUT2D eigenvalue weighted by molar-refractivity contribution is 5.86. The first-order valence-corrected chi connectivity index (χ1v) is 9.97. The van der Waals surface area contributed by atoms with Crippen LogP contribution < -0.4 is 5.32 Å². The van der Waals surface area contributed by atoms with E-state index in [1.807, 2.05) is 0 Å². The number of hydrogen-bond acceptors (Lipinski definition) is 1. The molecule has 1 amide bonds. The normalized spacial score (nSPS) is 13.5. The van der Waals surface area contributed by atoms with Crippen molar-refractivity contribution >= 4 is 16.8 Å². The maximum Gasteiger partial charge on any atom is 0.221 e. The van der Waals surface area contributed by atoms with Gasteiger partial charge in [0.05, 0.1) is 0 Å². The van der Waals surface area contributed by atoms with E-state index in [2.05, 4.69) is 92.3 Å². The summed E-state index contributed by atoms with van der Waals surface area (Å²) in [6.45, 7) is 9.34. The summed E-state index contributed by atoms with van der Waals surface area (Å²) in [7, 11) is 0. The average Bonchev–Trinajstić information content (AvgIpc) is 3.04. The number of benzene rings is 2. The fourth-order valence-electron chi connectivity index (χ4n) is 3.73.